The Hall–Kier alpha value is -0.830. The van der Waals surface area contributed by atoms with E-state index in [1.54, 1.807) is 0 Å². The Balaban J connectivity index is 1.70. The van der Waals surface area contributed by atoms with Crippen molar-refractivity contribution < 1.29 is 4.52 Å². The van der Waals surface area contributed by atoms with Crippen LogP contribution >= 0.6 is 0 Å². The molecule has 4 aliphatic rings. The molecule has 0 amide bonds. The van der Waals surface area contributed by atoms with Gasteiger partial charge in [-0.15, -0.1) is 0 Å². The van der Waals surface area contributed by atoms with E-state index in [0.29, 0.717) is 5.92 Å². The van der Waals surface area contributed by atoms with Crippen LogP contribution in [0.5, 0.6) is 0 Å². The van der Waals surface area contributed by atoms with E-state index in [4.69, 9.17) is 10.3 Å². The number of nitrogens with zero attached hydrogens (tertiary/aromatic N) is 1. The molecule has 3 nitrogen and oxygen atoms in total. The molecule has 0 unspecified atom stereocenters. The van der Waals surface area contributed by atoms with E-state index in [9.17, 15) is 0 Å². The summed E-state index contributed by atoms with van der Waals surface area (Å²) in [5.74, 6) is 5.23. The first kappa shape index (κ1) is 12.9. The van der Waals surface area contributed by atoms with E-state index in [0.717, 1.165) is 29.4 Å². The summed E-state index contributed by atoms with van der Waals surface area (Å²) in [7, 11) is 0. The van der Waals surface area contributed by atoms with E-state index >= 15 is 0 Å². The van der Waals surface area contributed by atoms with Gasteiger partial charge in [0.2, 0.25) is 0 Å². The lowest BCUT2D eigenvalue weighted by Gasteiger charge is -2.54. The molecular weight excluding hydrogens is 248 g/mol. The zero-order valence-corrected chi connectivity index (χ0v) is 12.9. The highest BCUT2D eigenvalue weighted by Gasteiger charge is 2.50. The molecule has 1 heterocycles. The van der Waals surface area contributed by atoms with Crippen LogP contribution in [0.4, 0.5) is 0 Å². The molecule has 0 radical (unpaired) electrons. The highest BCUT2D eigenvalue weighted by Crippen LogP contribution is 2.60. The molecule has 0 saturated heterocycles. The minimum Gasteiger partial charge on any atom is -0.359 e. The average molecular weight is 274 g/mol. The second kappa shape index (κ2) is 4.09. The Morgan fingerprint density at radius 3 is 2.05 bits per heavy atom. The molecule has 0 aliphatic heterocycles. The van der Waals surface area contributed by atoms with Crippen LogP contribution in [0.1, 0.15) is 68.9 Å². The molecule has 4 bridgehead atoms. The van der Waals surface area contributed by atoms with E-state index < -0.39 is 5.54 Å². The van der Waals surface area contributed by atoms with Crippen LogP contribution in [0.3, 0.4) is 0 Å². The predicted octanol–water partition coefficient (Wildman–Crippen LogP) is 3.72. The third kappa shape index (κ3) is 1.78. The van der Waals surface area contributed by atoms with Crippen LogP contribution in [0.15, 0.2) is 4.52 Å². The van der Waals surface area contributed by atoms with Gasteiger partial charge in [0.25, 0.3) is 0 Å². The Labute approximate surface area is 121 Å². The monoisotopic (exact) mass is 274 g/mol. The standard InChI is InChI=1S/C17H26N2O/c1-9-15(19-20-16(9)17(2,3)18)14-12-5-10-4-11(7-12)8-13(14)6-10/h10-14H,4-8,18H2,1-3H3. The number of hydrogen-bond donors (Lipinski definition) is 1. The summed E-state index contributed by atoms with van der Waals surface area (Å²) in [6.07, 6.45) is 7.19. The third-order valence-electron chi connectivity index (χ3n) is 6.09. The van der Waals surface area contributed by atoms with Gasteiger partial charge in [0.15, 0.2) is 5.76 Å². The van der Waals surface area contributed by atoms with Gasteiger partial charge in [-0.3, -0.25) is 0 Å². The predicted molar refractivity (Wildman–Crippen MR) is 78.2 cm³/mol. The van der Waals surface area contributed by atoms with Gasteiger partial charge < -0.3 is 10.3 Å². The molecule has 20 heavy (non-hydrogen) atoms. The Morgan fingerprint density at radius 1 is 1.05 bits per heavy atom. The number of aromatic nitrogens is 1. The fourth-order valence-electron chi connectivity index (χ4n) is 5.63. The van der Waals surface area contributed by atoms with Gasteiger partial charge >= 0.3 is 0 Å². The summed E-state index contributed by atoms with van der Waals surface area (Å²) < 4.78 is 5.64. The smallest absolute Gasteiger partial charge is 0.159 e. The van der Waals surface area contributed by atoms with Gasteiger partial charge in [-0.1, -0.05) is 5.16 Å². The fraction of sp³-hybridized carbons (Fsp3) is 0.824. The van der Waals surface area contributed by atoms with Crippen molar-refractivity contribution in [2.45, 2.75) is 64.3 Å². The largest absolute Gasteiger partial charge is 0.359 e. The fourth-order valence-corrected chi connectivity index (χ4v) is 5.63. The second-order valence-corrected chi connectivity index (χ2v) is 8.20. The summed E-state index contributed by atoms with van der Waals surface area (Å²) in [5, 5.41) is 4.47. The first-order valence-corrected chi connectivity index (χ1v) is 8.19. The van der Waals surface area contributed by atoms with E-state index in [-0.39, 0.29) is 0 Å². The van der Waals surface area contributed by atoms with Crippen molar-refractivity contribution in [2.75, 3.05) is 0 Å². The molecule has 0 spiro atoms. The minimum absolute atomic E-state index is 0.429. The van der Waals surface area contributed by atoms with Crippen LogP contribution in [0.2, 0.25) is 0 Å². The van der Waals surface area contributed by atoms with Crippen LogP contribution in [-0.4, -0.2) is 5.16 Å². The topological polar surface area (TPSA) is 52.0 Å². The highest BCUT2D eigenvalue weighted by atomic mass is 16.5. The number of hydrogen-bond acceptors (Lipinski definition) is 3. The van der Waals surface area contributed by atoms with Crippen molar-refractivity contribution in [3.8, 4) is 0 Å². The normalized spacial score (nSPS) is 39.5. The minimum atomic E-state index is -0.429. The molecule has 5 rings (SSSR count). The zero-order valence-electron chi connectivity index (χ0n) is 12.9. The molecule has 4 aliphatic carbocycles. The molecule has 3 heteroatoms. The average Bonchev–Trinajstić information content (AvgIpc) is 2.70. The van der Waals surface area contributed by atoms with E-state index in [2.05, 4.69) is 12.1 Å². The quantitative estimate of drug-likeness (QED) is 0.894. The Morgan fingerprint density at radius 2 is 1.60 bits per heavy atom. The molecule has 4 fully saturated rings. The highest BCUT2D eigenvalue weighted by molar-refractivity contribution is 5.30. The van der Waals surface area contributed by atoms with E-state index in [1.807, 2.05) is 13.8 Å². The molecule has 1 aromatic heterocycles. The van der Waals surface area contributed by atoms with Gasteiger partial charge in [-0.25, -0.2) is 0 Å². The van der Waals surface area contributed by atoms with Crippen molar-refractivity contribution in [3.05, 3.63) is 17.0 Å². The van der Waals surface area contributed by atoms with Crippen LogP contribution in [0, 0.1) is 30.6 Å². The van der Waals surface area contributed by atoms with Gasteiger partial charge in [0.05, 0.1) is 11.2 Å². The maximum Gasteiger partial charge on any atom is 0.159 e. The first-order valence-electron chi connectivity index (χ1n) is 8.19. The van der Waals surface area contributed by atoms with E-state index in [1.165, 1.54) is 43.4 Å². The summed E-state index contributed by atoms with van der Waals surface area (Å²) in [6.45, 7) is 6.16. The Kier molecular flexibility index (Phi) is 2.64. The van der Waals surface area contributed by atoms with Crippen molar-refractivity contribution in [1.82, 2.24) is 5.16 Å². The Bertz CT molecular complexity index is 498. The van der Waals surface area contributed by atoms with Gasteiger partial charge in [-0.2, -0.15) is 0 Å². The molecular formula is C17H26N2O. The lowest BCUT2D eigenvalue weighted by atomic mass is 9.51. The van der Waals surface area contributed by atoms with Crippen molar-refractivity contribution in [3.63, 3.8) is 0 Å². The zero-order chi connectivity index (χ0) is 14.1. The third-order valence-corrected chi connectivity index (χ3v) is 6.09. The maximum absolute atomic E-state index is 6.21. The number of nitrogens with two attached hydrogens (primary N) is 1. The summed E-state index contributed by atoms with van der Waals surface area (Å²) in [5.41, 5.74) is 8.23. The molecule has 2 N–H and O–H groups in total. The molecule has 0 atom stereocenters. The lowest BCUT2D eigenvalue weighted by Crippen LogP contribution is -2.44. The number of rotatable bonds is 2. The van der Waals surface area contributed by atoms with Crippen LogP contribution in [0.25, 0.3) is 0 Å². The van der Waals surface area contributed by atoms with Gasteiger partial charge in [0, 0.05) is 11.5 Å². The van der Waals surface area contributed by atoms with Gasteiger partial charge in [-0.05, 0) is 76.5 Å². The maximum atomic E-state index is 6.21. The van der Waals surface area contributed by atoms with Crippen molar-refractivity contribution in [2.24, 2.45) is 29.4 Å². The summed E-state index contributed by atoms with van der Waals surface area (Å²) in [4.78, 5) is 0. The first-order chi connectivity index (χ1) is 9.43. The van der Waals surface area contributed by atoms with Crippen LogP contribution < -0.4 is 5.73 Å². The molecule has 4 saturated carbocycles. The lowest BCUT2D eigenvalue weighted by molar-refractivity contribution is -0.00524. The molecule has 1 aromatic rings. The van der Waals surface area contributed by atoms with Crippen LogP contribution in [-0.2, 0) is 5.54 Å². The van der Waals surface area contributed by atoms with Crippen molar-refractivity contribution >= 4 is 0 Å². The van der Waals surface area contributed by atoms with Crippen molar-refractivity contribution in [1.29, 1.82) is 0 Å². The summed E-state index contributed by atoms with van der Waals surface area (Å²) >= 11 is 0. The van der Waals surface area contributed by atoms with Gasteiger partial charge in [0.1, 0.15) is 0 Å². The molecule has 0 aromatic carbocycles. The SMILES string of the molecule is Cc1c(C2C3CC4CC(C3)CC2C4)noc1C(C)(C)N. The molecule has 110 valence electrons. The second-order valence-electron chi connectivity index (χ2n) is 8.20. The summed E-state index contributed by atoms with van der Waals surface area (Å²) in [6, 6.07) is 0.